The van der Waals surface area contributed by atoms with Crippen LogP contribution in [0.3, 0.4) is 0 Å². The topological polar surface area (TPSA) is 64.4 Å². The van der Waals surface area contributed by atoms with Gasteiger partial charge in [-0.15, -0.1) is 0 Å². The molecule has 0 spiro atoms. The number of ether oxygens (including phenoxy) is 1. The van der Waals surface area contributed by atoms with Gasteiger partial charge in [0.25, 0.3) is 0 Å². The highest BCUT2D eigenvalue weighted by molar-refractivity contribution is 5.76. The Morgan fingerprint density at radius 1 is 1.47 bits per heavy atom. The third-order valence-corrected chi connectivity index (χ3v) is 2.92. The Kier molecular flexibility index (Phi) is 4.16. The molecule has 0 aliphatic carbocycles. The van der Waals surface area contributed by atoms with Crippen molar-refractivity contribution in [3.8, 4) is 0 Å². The second kappa shape index (κ2) is 5.84. The molecule has 102 valence electrons. The predicted molar refractivity (Wildman–Crippen MR) is 72.0 cm³/mol. The first-order chi connectivity index (χ1) is 9.08. The van der Waals surface area contributed by atoms with Gasteiger partial charge in [0.1, 0.15) is 0 Å². The van der Waals surface area contributed by atoms with Crippen molar-refractivity contribution in [2.24, 2.45) is 0 Å². The van der Waals surface area contributed by atoms with Crippen LogP contribution in [-0.2, 0) is 16.1 Å². The molecule has 1 aromatic heterocycles. The van der Waals surface area contributed by atoms with E-state index in [2.05, 4.69) is 23.4 Å². The van der Waals surface area contributed by atoms with Gasteiger partial charge in [0.15, 0.2) is 0 Å². The largest absolute Gasteiger partial charge is 0.481 e. The number of carboxylic acids is 1. The minimum absolute atomic E-state index is 0.0320. The van der Waals surface area contributed by atoms with Crippen molar-refractivity contribution < 1.29 is 14.6 Å². The standard InChI is InChI=1S/C14H18N2O3/c1-10(2)16-9-15-12-7-11(3-4-13(12)16)8-19-6-5-14(17)18/h3-4,7,9-10H,5-6,8H2,1-2H3,(H,17,18). The number of fused-ring (bicyclic) bond motifs is 1. The summed E-state index contributed by atoms with van der Waals surface area (Å²) in [6.45, 7) is 4.87. The van der Waals surface area contributed by atoms with Crippen molar-refractivity contribution in [3.63, 3.8) is 0 Å². The fourth-order valence-electron chi connectivity index (χ4n) is 1.93. The molecule has 2 aromatic rings. The molecule has 19 heavy (non-hydrogen) atoms. The molecule has 1 aromatic carbocycles. The molecule has 0 atom stereocenters. The highest BCUT2D eigenvalue weighted by Crippen LogP contribution is 2.19. The molecular formula is C14H18N2O3. The lowest BCUT2D eigenvalue weighted by Gasteiger charge is -2.08. The van der Waals surface area contributed by atoms with E-state index in [1.165, 1.54) is 0 Å². The van der Waals surface area contributed by atoms with E-state index >= 15 is 0 Å². The number of nitrogens with zero attached hydrogens (tertiary/aromatic N) is 2. The lowest BCUT2D eigenvalue weighted by molar-refractivity contribution is -0.138. The number of aromatic nitrogens is 2. The van der Waals surface area contributed by atoms with Gasteiger partial charge < -0.3 is 14.4 Å². The van der Waals surface area contributed by atoms with Crippen LogP contribution in [0.2, 0.25) is 0 Å². The smallest absolute Gasteiger partial charge is 0.305 e. The zero-order chi connectivity index (χ0) is 13.8. The molecule has 0 radical (unpaired) electrons. The summed E-state index contributed by atoms with van der Waals surface area (Å²) in [5, 5.41) is 8.51. The van der Waals surface area contributed by atoms with Crippen LogP contribution in [0.25, 0.3) is 11.0 Å². The molecule has 5 heteroatoms. The molecule has 1 heterocycles. The van der Waals surface area contributed by atoms with E-state index in [-0.39, 0.29) is 13.0 Å². The Hall–Kier alpha value is -1.88. The summed E-state index contributed by atoms with van der Waals surface area (Å²) in [7, 11) is 0. The summed E-state index contributed by atoms with van der Waals surface area (Å²) < 4.78 is 7.43. The minimum atomic E-state index is -0.842. The lowest BCUT2D eigenvalue weighted by atomic mass is 10.2. The third kappa shape index (κ3) is 3.32. The van der Waals surface area contributed by atoms with E-state index in [0.717, 1.165) is 16.6 Å². The maximum atomic E-state index is 10.4. The second-order valence-corrected chi connectivity index (χ2v) is 4.76. The van der Waals surface area contributed by atoms with Gasteiger partial charge in [-0.1, -0.05) is 6.07 Å². The van der Waals surface area contributed by atoms with Crippen LogP contribution < -0.4 is 0 Å². The predicted octanol–water partition coefficient (Wildman–Crippen LogP) is 2.61. The van der Waals surface area contributed by atoms with Gasteiger partial charge in [0, 0.05) is 6.04 Å². The zero-order valence-corrected chi connectivity index (χ0v) is 11.2. The Morgan fingerprint density at radius 2 is 2.26 bits per heavy atom. The molecule has 0 bridgehead atoms. The van der Waals surface area contributed by atoms with E-state index in [1.807, 2.05) is 24.5 Å². The van der Waals surface area contributed by atoms with E-state index in [4.69, 9.17) is 9.84 Å². The number of rotatable bonds is 6. The van der Waals surface area contributed by atoms with Crippen LogP contribution in [-0.4, -0.2) is 27.2 Å². The Bertz CT molecular complexity index is 575. The van der Waals surface area contributed by atoms with Crippen LogP contribution in [0, 0.1) is 0 Å². The molecule has 0 fully saturated rings. The number of carboxylic acid groups (broad SMARTS) is 1. The minimum Gasteiger partial charge on any atom is -0.481 e. The van der Waals surface area contributed by atoms with Crippen molar-refractivity contribution in [1.82, 2.24) is 9.55 Å². The number of carbonyl (C=O) groups is 1. The summed E-state index contributed by atoms with van der Waals surface area (Å²) in [6.07, 6.45) is 1.87. The summed E-state index contributed by atoms with van der Waals surface area (Å²) in [5.41, 5.74) is 3.05. The van der Waals surface area contributed by atoms with Crippen molar-refractivity contribution in [2.75, 3.05) is 6.61 Å². The third-order valence-electron chi connectivity index (χ3n) is 2.92. The number of hydrogen-bond acceptors (Lipinski definition) is 3. The van der Waals surface area contributed by atoms with Crippen LogP contribution in [0.15, 0.2) is 24.5 Å². The van der Waals surface area contributed by atoms with Crippen molar-refractivity contribution in [3.05, 3.63) is 30.1 Å². The number of imidazole rings is 1. The number of hydrogen-bond donors (Lipinski definition) is 1. The van der Waals surface area contributed by atoms with Crippen molar-refractivity contribution in [1.29, 1.82) is 0 Å². The molecular weight excluding hydrogens is 244 g/mol. The van der Waals surface area contributed by atoms with Crippen molar-refractivity contribution in [2.45, 2.75) is 32.9 Å². The first-order valence-corrected chi connectivity index (χ1v) is 6.33. The van der Waals surface area contributed by atoms with Gasteiger partial charge in [-0.3, -0.25) is 4.79 Å². The average molecular weight is 262 g/mol. The van der Waals surface area contributed by atoms with Crippen molar-refractivity contribution >= 4 is 17.0 Å². The average Bonchev–Trinajstić information content (AvgIpc) is 2.77. The summed E-state index contributed by atoms with van der Waals surface area (Å²) in [4.78, 5) is 14.7. The van der Waals surface area contributed by atoms with Crippen LogP contribution >= 0.6 is 0 Å². The summed E-state index contributed by atoms with van der Waals surface area (Å²) in [5.74, 6) is -0.842. The quantitative estimate of drug-likeness (QED) is 0.813. The number of aliphatic carboxylic acids is 1. The SMILES string of the molecule is CC(C)n1cnc2cc(COCCC(=O)O)ccc21. The van der Waals surface area contributed by atoms with E-state index in [9.17, 15) is 4.79 Å². The normalized spacial score (nSPS) is 11.3. The van der Waals surface area contributed by atoms with Crippen LogP contribution in [0.1, 0.15) is 31.9 Å². The van der Waals surface area contributed by atoms with Crippen LogP contribution in [0.4, 0.5) is 0 Å². The Labute approximate surface area is 111 Å². The molecule has 5 nitrogen and oxygen atoms in total. The van der Waals surface area contributed by atoms with Gasteiger partial charge in [-0.25, -0.2) is 4.98 Å². The highest BCUT2D eigenvalue weighted by Gasteiger charge is 2.06. The maximum absolute atomic E-state index is 10.4. The highest BCUT2D eigenvalue weighted by atomic mass is 16.5. The lowest BCUT2D eigenvalue weighted by Crippen LogP contribution is -2.02. The summed E-state index contributed by atoms with van der Waals surface area (Å²) >= 11 is 0. The second-order valence-electron chi connectivity index (χ2n) is 4.76. The Balaban J connectivity index is 2.04. The Morgan fingerprint density at radius 3 is 2.95 bits per heavy atom. The maximum Gasteiger partial charge on any atom is 0.305 e. The summed E-state index contributed by atoms with van der Waals surface area (Å²) in [6, 6.07) is 6.37. The monoisotopic (exact) mass is 262 g/mol. The number of benzene rings is 1. The zero-order valence-electron chi connectivity index (χ0n) is 11.2. The molecule has 0 amide bonds. The van der Waals surface area contributed by atoms with Gasteiger partial charge in [-0.2, -0.15) is 0 Å². The molecule has 1 N–H and O–H groups in total. The fourth-order valence-corrected chi connectivity index (χ4v) is 1.93. The van der Waals surface area contributed by atoms with Crippen LogP contribution in [0.5, 0.6) is 0 Å². The molecule has 2 rings (SSSR count). The fraction of sp³-hybridized carbons (Fsp3) is 0.429. The van der Waals surface area contributed by atoms with Gasteiger partial charge >= 0.3 is 5.97 Å². The van der Waals surface area contributed by atoms with Gasteiger partial charge in [-0.05, 0) is 31.5 Å². The van der Waals surface area contributed by atoms with Gasteiger partial charge in [0.05, 0.1) is 37.0 Å². The van der Waals surface area contributed by atoms with E-state index in [0.29, 0.717) is 12.6 Å². The van der Waals surface area contributed by atoms with Gasteiger partial charge in [0.2, 0.25) is 0 Å². The first-order valence-electron chi connectivity index (χ1n) is 6.33. The van der Waals surface area contributed by atoms with E-state index in [1.54, 1.807) is 0 Å². The molecule has 0 unspecified atom stereocenters. The molecule has 0 aliphatic heterocycles. The molecule has 0 saturated heterocycles. The molecule has 0 saturated carbocycles. The van der Waals surface area contributed by atoms with E-state index < -0.39 is 5.97 Å². The first kappa shape index (κ1) is 13.5. The molecule has 0 aliphatic rings.